The predicted molar refractivity (Wildman–Crippen MR) is 71.2 cm³/mol. The summed E-state index contributed by atoms with van der Waals surface area (Å²) in [5.41, 5.74) is 2.17. The minimum atomic E-state index is 0.478. The highest BCUT2D eigenvalue weighted by Crippen LogP contribution is 2.10. The van der Waals surface area contributed by atoms with Gasteiger partial charge in [0.2, 0.25) is 4.77 Å². The van der Waals surface area contributed by atoms with Gasteiger partial charge in [0.05, 0.1) is 6.21 Å². The van der Waals surface area contributed by atoms with E-state index in [4.69, 9.17) is 12.2 Å². The molecule has 0 unspecified atom stereocenters. The highest BCUT2D eigenvalue weighted by molar-refractivity contribution is 7.71. The van der Waals surface area contributed by atoms with Crippen molar-refractivity contribution in [2.75, 3.05) is 19.0 Å². The number of anilines is 1. The van der Waals surface area contributed by atoms with Crippen LogP contribution >= 0.6 is 12.2 Å². The van der Waals surface area contributed by atoms with E-state index in [-0.39, 0.29) is 0 Å². The smallest absolute Gasteiger partial charge is 0.216 e. The molecular weight excluding hydrogens is 234 g/mol. The molecule has 2 aromatic rings. The fraction of sp³-hybridized carbons (Fsp3) is 0.182. The number of nitrogens with zero attached hydrogens (tertiary/aromatic N) is 4. The first-order valence-electron chi connectivity index (χ1n) is 5.10. The number of H-pyrrole nitrogens is 1. The van der Waals surface area contributed by atoms with Crippen LogP contribution in [0.3, 0.4) is 0 Å². The summed E-state index contributed by atoms with van der Waals surface area (Å²) in [5, 5.41) is 10.6. The molecule has 0 spiro atoms. The third-order valence-corrected chi connectivity index (χ3v) is 2.55. The summed E-state index contributed by atoms with van der Waals surface area (Å²) >= 11 is 4.98. The Morgan fingerprint density at radius 1 is 1.35 bits per heavy atom. The monoisotopic (exact) mass is 247 g/mol. The summed E-state index contributed by atoms with van der Waals surface area (Å²) in [6, 6.07) is 8.08. The number of aromatic amines is 1. The molecule has 0 aliphatic carbocycles. The van der Waals surface area contributed by atoms with Crippen molar-refractivity contribution in [3.05, 3.63) is 40.9 Å². The van der Waals surface area contributed by atoms with Crippen LogP contribution in [-0.4, -0.2) is 35.2 Å². The summed E-state index contributed by atoms with van der Waals surface area (Å²) in [6.07, 6.45) is 3.28. The number of nitrogens with one attached hydrogen (secondary N) is 1. The molecule has 1 heterocycles. The van der Waals surface area contributed by atoms with Crippen LogP contribution in [0.5, 0.6) is 0 Å². The van der Waals surface area contributed by atoms with Gasteiger partial charge in [0.1, 0.15) is 6.33 Å². The number of hydrogen-bond donors (Lipinski definition) is 1. The van der Waals surface area contributed by atoms with Crippen LogP contribution in [-0.2, 0) is 0 Å². The van der Waals surface area contributed by atoms with E-state index in [9.17, 15) is 0 Å². The Kier molecular flexibility index (Phi) is 3.34. The summed E-state index contributed by atoms with van der Waals surface area (Å²) in [5.74, 6) is 0. The molecule has 2 rings (SSSR count). The van der Waals surface area contributed by atoms with Gasteiger partial charge in [-0.3, -0.25) is 5.10 Å². The molecule has 0 atom stereocenters. The molecule has 0 amide bonds. The zero-order valence-corrected chi connectivity index (χ0v) is 10.5. The first kappa shape index (κ1) is 11.5. The van der Waals surface area contributed by atoms with Crippen molar-refractivity contribution in [3.63, 3.8) is 0 Å². The van der Waals surface area contributed by atoms with E-state index in [0.29, 0.717) is 4.77 Å². The third-order valence-electron chi connectivity index (χ3n) is 2.28. The van der Waals surface area contributed by atoms with E-state index < -0.39 is 0 Å². The maximum absolute atomic E-state index is 4.98. The van der Waals surface area contributed by atoms with Gasteiger partial charge in [-0.05, 0) is 29.9 Å². The molecule has 0 radical (unpaired) electrons. The Bertz CT molecular complexity index is 564. The SMILES string of the molecule is CN(C)c1ccc(/C=N/n2cn[nH]c2=S)cc1. The van der Waals surface area contributed by atoms with Gasteiger partial charge in [0.15, 0.2) is 0 Å². The number of hydrogen-bond acceptors (Lipinski definition) is 4. The van der Waals surface area contributed by atoms with Crippen LogP contribution in [0, 0.1) is 4.77 Å². The van der Waals surface area contributed by atoms with Crippen LogP contribution in [0.2, 0.25) is 0 Å². The summed E-state index contributed by atoms with van der Waals surface area (Å²) in [6.45, 7) is 0. The molecule has 0 saturated carbocycles. The largest absolute Gasteiger partial charge is 0.378 e. The molecule has 0 fully saturated rings. The van der Waals surface area contributed by atoms with Gasteiger partial charge < -0.3 is 4.90 Å². The zero-order chi connectivity index (χ0) is 12.3. The van der Waals surface area contributed by atoms with Gasteiger partial charge in [-0.1, -0.05) is 12.1 Å². The van der Waals surface area contributed by atoms with E-state index in [0.717, 1.165) is 11.3 Å². The van der Waals surface area contributed by atoms with Gasteiger partial charge in [-0.2, -0.15) is 14.9 Å². The molecule has 5 nitrogen and oxygen atoms in total. The average Bonchev–Trinajstić information content (AvgIpc) is 2.73. The molecule has 0 aliphatic heterocycles. The molecule has 1 aromatic heterocycles. The van der Waals surface area contributed by atoms with E-state index >= 15 is 0 Å². The maximum Gasteiger partial charge on any atom is 0.216 e. The van der Waals surface area contributed by atoms with Crippen molar-refractivity contribution in [3.8, 4) is 0 Å². The van der Waals surface area contributed by atoms with Crippen molar-refractivity contribution in [1.29, 1.82) is 0 Å². The highest BCUT2D eigenvalue weighted by Gasteiger charge is 1.94. The molecule has 0 aliphatic rings. The molecule has 0 saturated heterocycles. The second-order valence-electron chi connectivity index (χ2n) is 3.74. The molecule has 88 valence electrons. The lowest BCUT2D eigenvalue weighted by atomic mass is 10.2. The molecule has 1 N–H and O–H groups in total. The topological polar surface area (TPSA) is 49.2 Å². The Hall–Kier alpha value is -1.95. The highest BCUT2D eigenvalue weighted by atomic mass is 32.1. The Morgan fingerprint density at radius 3 is 2.59 bits per heavy atom. The van der Waals surface area contributed by atoms with E-state index in [1.54, 1.807) is 6.21 Å². The number of aromatic nitrogens is 3. The van der Waals surface area contributed by atoms with Gasteiger partial charge in [-0.15, -0.1) is 0 Å². The van der Waals surface area contributed by atoms with Crippen LogP contribution in [0.1, 0.15) is 5.56 Å². The second-order valence-corrected chi connectivity index (χ2v) is 4.12. The van der Waals surface area contributed by atoms with Crippen LogP contribution in [0.4, 0.5) is 5.69 Å². The van der Waals surface area contributed by atoms with Gasteiger partial charge >= 0.3 is 0 Å². The molecular formula is C11H13N5S. The van der Waals surface area contributed by atoms with Gasteiger partial charge in [0.25, 0.3) is 0 Å². The van der Waals surface area contributed by atoms with Crippen molar-refractivity contribution in [2.45, 2.75) is 0 Å². The third kappa shape index (κ3) is 2.79. The van der Waals surface area contributed by atoms with Crippen molar-refractivity contribution < 1.29 is 0 Å². The lowest BCUT2D eigenvalue weighted by Crippen LogP contribution is -2.08. The fourth-order valence-electron chi connectivity index (χ4n) is 1.31. The van der Waals surface area contributed by atoms with Crippen LogP contribution < -0.4 is 4.90 Å². The van der Waals surface area contributed by atoms with Crippen molar-refractivity contribution >= 4 is 24.1 Å². The zero-order valence-electron chi connectivity index (χ0n) is 9.66. The summed E-state index contributed by atoms with van der Waals surface area (Å²) < 4.78 is 1.99. The number of benzene rings is 1. The standard InChI is InChI=1S/C11H13N5S/c1-15(2)10-5-3-9(4-6-10)7-13-16-8-12-14-11(16)17/h3-8H,1-2H3,(H,14,17)/b13-7+. The lowest BCUT2D eigenvalue weighted by molar-refractivity contribution is 0.863. The normalized spacial score (nSPS) is 10.9. The van der Waals surface area contributed by atoms with Gasteiger partial charge in [-0.25, -0.2) is 0 Å². The summed E-state index contributed by atoms with van der Waals surface area (Å²) in [7, 11) is 4.02. The Labute approximate surface area is 104 Å². The number of rotatable bonds is 3. The average molecular weight is 247 g/mol. The molecule has 6 heteroatoms. The molecule has 17 heavy (non-hydrogen) atoms. The van der Waals surface area contributed by atoms with Crippen molar-refractivity contribution in [1.82, 2.24) is 14.9 Å². The predicted octanol–water partition coefficient (Wildman–Crippen LogP) is 1.89. The second kappa shape index (κ2) is 4.92. The molecule has 1 aromatic carbocycles. The van der Waals surface area contributed by atoms with Crippen molar-refractivity contribution in [2.24, 2.45) is 5.10 Å². The summed E-state index contributed by atoms with van der Waals surface area (Å²) in [4.78, 5) is 2.05. The van der Waals surface area contributed by atoms with Crippen LogP contribution in [0.25, 0.3) is 0 Å². The minimum Gasteiger partial charge on any atom is -0.378 e. The van der Waals surface area contributed by atoms with E-state index in [1.165, 1.54) is 11.0 Å². The fourth-order valence-corrected chi connectivity index (χ4v) is 1.46. The quantitative estimate of drug-likeness (QED) is 0.665. The minimum absolute atomic E-state index is 0.478. The first-order chi connectivity index (χ1) is 8.16. The molecule has 0 bridgehead atoms. The Morgan fingerprint density at radius 2 is 2.06 bits per heavy atom. The maximum atomic E-state index is 4.98. The van der Waals surface area contributed by atoms with Crippen LogP contribution in [0.15, 0.2) is 35.7 Å². The van der Waals surface area contributed by atoms with E-state index in [2.05, 4.69) is 15.3 Å². The van der Waals surface area contributed by atoms with Gasteiger partial charge in [0, 0.05) is 19.8 Å². The Balaban J connectivity index is 2.17. The lowest BCUT2D eigenvalue weighted by Gasteiger charge is -2.11. The first-order valence-corrected chi connectivity index (χ1v) is 5.51. The van der Waals surface area contributed by atoms with E-state index in [1.807, 2.05) is 43.3 Å².